The van der Waals surface area contributed by atoms with Crippen LogP contribution in [0.1, 0.15) is 19.3 Å². The van der Waals surface area contributed by atoms with Crippen LogP contribution in [0.3, 0.4) is 0 Å². The Kier molecular flexibility index (Phi) is 3.12. The zero-order valence-corrected chi connectivity index (χ0v) is 14.3. The summed E-state index contributed by atoms with van der Waals surface area (Å²) in [6.07, 6.45) is 2.75. The SMILES string of the molecule is O=C(O)[C@@]12CCC[C@H]1CN(c1ccc3nnc(-c4ccsc4)n3n1)C2. The highest BCUT2D eigenvalue weighted by atomic mass is 32.1. The largest absolute Gasteiger partial charge is 0.481 e. The van der Waals surface area contributed by atoms with Crippen LogP contribution in [0, 0.1) is 11.3 Å². The lowest BCUT2D eigenvalue weighted by atomic mass is 9.81. The van der Waals surface area contributed by atoms with Crippen LogP contribution in [0.25, 0.3) is 17.0 Å². The van der Waals surface area contributed by atoms with Crippen LogP contribution in [0.2, 0.25) is 0 Å². The van der Waals surface area contributed by atoms with Gasteiger partial charge in [-0.15, -0.1) is 15.3 Å². The van der Waals surface area contributed by atoms with Crippen molar-refractivity contribution in [3.8, 4) is 11.4 Å². The lowest BCUT2D eigenvalue weighted by Gasteiger charge is -2.23. The second kappa shape index (κ2) is 5.26. The summed E-state index contributed by atoms with van der Waals surface area (Å²) >= 11 is 1.61. The van der Waals surface area contributed by atoms with Crippen molar-refractivity contribution in [1.82, 2.24) is 19.8 Å². The van der Waals surface area contributed by atoms with E-state index in [2.05, 4.69) is 15.1 Å². The van der Waals surface area contributed by atoms with Crippen LogP contribution in [0.5, 0.6) is 0 Å². The predicted octanol–water partition coefficient (Wildman–Crippen LogP) is 2.54. The van der Waals surface area contributed by atoms with Gasteiger partial charge in [0.05, 0.1) is 5.41 Å². The fourth-order valence-electron chi connectivity index (χ4n) is 4.33. The fourth-order valence-corrected chi connectivity index (χ4v) is 4.97. The quantitative estimate of drug-likeness (QED) is 0.777. The Morgan fingerprint density at radius 3 is 3.00 bits per heavy atom. The van der Waals surface area contributed by atoms with Crippen molar-refractivity contribution in [1.29, 1.82) is 0 Å². The van der Waals surface area contributed by atoms with Crippen LogP contribution in [0.15, 0.2) is 29.0 Å². The van der Waals surface area contributed by atoms with Crippen LogP contribution in [0.4, 0.5) is 5.82 Å². The molecule has 0 unspecified atom stereocenters. The topological polar surface area (TPSA) is 83.6 Å². The number of aliphatic carboxylic acids is 1. The van der Waals surface area contributed by atoms with Crippen molar-refractivity contribution in [2.45, 2.75) is 19.3 Å². The highest BCUT2D eigenvalue weighted by Crippen LogP contribution is 2.49. The van der Waals surface area contributed by atoms with Gasteiger partial charge < -0.3 is 10.0 Å². The van der Waals surface area contributed by atoms with Gasteiger partial charge in [0.25, 0.3) is 0 Å². The molecule has 3 aromatic heterocycles. The van der Waals surface area contributed by atoms with Crippen molar-refractivity contribution in [2.75, 3.05) is 18.0 Å². The summed E-state index contributed by atoms with van der Waals surface area (Å²) in [6.45, 7) is 1.28. The summed E-state index contributed by atoms with van der Waals surface area (Å²) in [5.74, 6) is 1.05. The van der Waals surface area contributed by atoms with E-state index in [0.29, 0.717) is 18.0 Å². The lowest BCUT2D eigenvalue weighted by molar-refractivity contribution is -0.149. The standard InChI is InChI=1S/C17H17N5O2S/c23-16(24)17-6-1-2-12(17)8-21(10-17)14-4-3-13-18-19-15(22(13)20-14)11-5-7-25-9-11/h3-5,7,9,12H,1-2,6,8,10H2,(H,23,24)/t12-,17+/m0/s1. The van der Waals surface area contributed by atoms with E-state index >= 15 is 0 Å². The molecule has 2 fully saturated rings. The summed E-state index contributed by atoms with van der Waals surface area (Å²) in [4.78, 5) is 14.0. The molecule has 1 aliphatic carbocycles. The molecule has 2 atom stereocenters. The van der Waals surface area contributed by atoms with E-state index < -0.39 is 11.4 Å². The minimum Gasteiger partial charge on any atom is -0.481 e. The van der Waals surface area contributed by atoms with Crippen molar-refractivity contribution < 1.29 is 9.90 Å². The average Bonchev–Trinajstić information content (AvgIpc) is 3.35. The predicted molar refractivity (Wildman–Crippen MR) is 93.7 cm³/mol. The van der Waals surface area contributed by atoms with E-state index in [1.165, 1.54) is 0 Å². The van der Waals surface area contributed by atoms with Gasteiger partial charge in [-0.05, 0) is 42.3 Å². The Balaban J connectivity index is 1.54. The second-order valence-electron chi connectivity index (χ2n) is 6.93. The van der Waals surface area contributed by atoms with Crippen molar-refractivity contribution >= 4 is 28.8 Å². The number of thiophene rings is 1. The van der Waals surface area contributed by atoms with Crippen LogP contribution in [-0.2, 0) is 4.79 Å². The minimum atomic E-state index is -0.665. The molecule has 1 N–H and O–H groups in total. The normalized spacial score (nSPS) is 25.6. The number of carboxylic acid groups (broad SMARTS) is 1. The number of aromatic nitrogens is 4. The molecule has 0 aromatic carbocycles. The Bertz CT molecular complexity index is 953. The lowest BCUT2D eigenvalue weighted by Crippen LogP contribution is -2.35. The van der Waals surface area contributed by atoms with Gasteiger partial charge in [-0.3, -0.25) is 4.79 Å². The summed E-state index contributed by atoms with van der Waals surface area (Å²) in [5.41, 5.74) is 1.07. The molecule has 8 heteroatoms. The number of anilines is 1. The van der Waals surface area contributed by atoms with Gasteiger partial charge >= 0.3 is 5.97 Å². The number of carboxylic acids is 1. The Morgan fingerprint density at radius 1 is 1.32 bits per heavy atom. The number of hydrogen-bond donors (Lipinski definition) is 1. The molecule has 25 heavy (non-hydrogen) atoms. The first kappa shape index (κ1) is 14.8. The summed E-state index contributed by atoms with van der Waals surface area (Å²) in [6, 6.07) is 5.81. The molecule has 128 valence electrons. The molecule has 3 aromatic rings. The molecule has 0 bridgehead atoms. The highest BCUT2D eigenvalue weighted by Gasteiger charge is 2.55. The molecular formula is C17H17N5O2S. The number of carbonyl (C=O) groups is 1. The number of hydrogen-bond acceptors (Lipinski definition) is 6. The Hall–Kier alpha value is -2.48. The van der Waals surface area contributed by atoms with Gasteiger partial charge in [-0.2, -0.15) is 15.9 Å². The van der Waals surface area contributed by atoms with Gasteiger partial charge in [0, 0.05) is 24.0 Å². The molecule has 7 nitrogen and oxygen atoms in total. The van der Waals surface area contributed by atoms with E-state index in [0.717, 1.165) is 37.2 Å². The molecule has 5 rings (SSSR count). The molecule has 1 aliphatic heterocycles. The molecule has 1 saturated heterocycles. The number of rotatable bonds is 3. The van der Waals surface area contributed by atoms with Gasteiger partial charge in [0.15, 0.2) is 11.5 Å². The van der Waals surface area contributed by atoms with E-state index in [1.807, 2.05) is 29.0 Å². The fraction of sp³-hybridized carbons (Fsp3) is 0.412. The average molecular weight is 355 g/mol. The maximum absolute atomic E-state index is 11.9. The Labute approximate surface area is 147 Å². The van der Waals surface area contributed by atoms with Crippen molar-refractivity contribution in [2.24, 2.45) is 11.3 Å². The molecule has 4 heterocycles. The zero-order chi connectivity index (χ0) is 17.0. The van der Waals surface area contributed by atoms with Gasteiger partial charge in [-0.1, -0.05) is 6.42 Å². The van der Waals surface area contributed by atoms with Gasteiger partial charge in [0.2, 0.25) is 0 Å². The van der Waals surface area contributed by atoms with E-state index in [9.17, 15) is 9.90 Å². The van der Waals surface area contributed by atoms with Gasteiger partial charge in [-0.25, -0.2) is 0 Å². The summed E-state index contributed by atoms with van der Waals surface area (Å²) in [7, 11) is 0. The van der Waals surface area contributed by atoms with Crippen molar-refractivity contribution in [3.05, 3.63) is 29.0 Å². The summed E-state index contributed by atoms with van der Waals surface area (Å²) in [5, 5.41) is 26.9. The monoisotopic (exact) mass is 355 g/mol. The summed E-state index contributed by atoms with van der Waals surface area (Å²) < 4.78 is 1.75. The first-order chi connectivity index (χ1) is 12.2. The van der Waals surface area contributed by atoms with Crippen LogP contribution in [-0.4, -0.2) is 44.0 Å². The van der Waals surface area contributed by atoms with E-state index in [4.69, 9.17) is 5.10 Å². The highest BCUT2D eigenvalue weighted by molar-refractivity contribution is 7.08. The maximum Gasteiger partial charge on any atom is 0.311 e. The van der Waals surface area contributed by atoms with E-state index in [-0.39, 0.29) is 5.92 Å². The molecule has 1 saturated carbocycles. The van der Waals surface area contributed by atoms with Crippen molar-refractivity contribution in [3.63, 3.8) is 0 Å². The van der Waals surface area contributed by atoms with Crippen LogP contribution >= 0.6 is 11.3 Å². The van der Waals surface area contributed by atoms with Gasteiger partial charge in [0.1, 0.15) is 5.82 Å². The van der Waals surface area contributed by atoms with Crippen LogP contribution < -0.4 is 4.90 Å². The first-order valence-electron chi connectivity index (χ1n) is 8.41. The molecule has 0 radical (unpaired) electrons. The first-order valence-corrected chi connectivity index (χ1v) is 9.35. The number of nitrogens with zero attached hydrogens (tertiary/aromatic N) is 5. The third-order valence-electron chi connectivity index (χ3n) is 5.65. The molecule has 2 aliphatic rings. The minimum absolute atomic E-state index is 0.208. The molecular weight excluding hydrogens is 338 g/mol. The van der Waals surface area contributed by atoms with E-state index in [1.54, 1.807) is 15.9 Å². The zero-order valence-electron chi connectivity index (χ0n) is 13.5. The third kappa shape index (κ3) is 2.10. The second-order valence-corrected chi connectivity index (χ2v) is 7.71. The molecule has 0 amide bonds. The third-order valence-corrected chi connectivity index (χ3v) is 6.33. The molecule has 0 spiro atoms. The maximum atomic E-state index is 11.9. The smallest absolute Gasteiger partial charge is 0.311 e. The number of fused-ring (bicyclic) bond motifs is 2. The Morgan fingerprint density at radius 2 is 2.24 bits per heavy atom.